The summed E-state index contributed by atoms with van der Waals surface area (Å²) in [6.45, 7) is 0.920. The lowest BCUT2D eigenvalue weighted by Crippen LogP contribution is -2.35. The number of nitrogens with zero attached hydrogens (tertiary/aromatic N) is 1. The largest absolute Gasteiger partial charge is 0.393 e. The second-order valence-electron chi connectivity index (χ2n) is 6.52. The molecule has 0 bridgehead atoms. The Morgan fingerprint density at radius 3 is 2.70 bits per heavy atom. The van der Waals surface area contributed by atoms with Crippen molar-refractivity contribution in [2.75, 3.05) is 6.54 Å². The van der Waals surface area contributed by atoms with E-state index in [1.165, 1.54) is 38.5 Å². The van der Waals surface area contributed by atoms with Crippen LogP contribution in [0.1, 0.15) is 63.2 Å². The van der Waals surface area contributed by atoms with Gasteiger partial charge in [0.2, 0.25) is 0 Å². The molecule has 0 aliphatic heterocycles. The highest BCUT2D eigenvalue weighted by Crippen LogP contribution is 2.34. The Morgan fingerprint density at radius 2 is 2.05 bits per heavy atom. The number of aromatic amines is 1. The summed E-state index contributed by atoms with van der Waals surface area (Å²) >= 11 is 0. The molecule has 4 nitrogen and oxygen atoms in total. The number of nitrogens with one attached hydrogen (secondary N) is 2. The van der Waals surface area contributed by atoms with Crippen LogP contribution in [0.25, 0.3) is 0 Å². The lowest BCUT2D eigenvalue weighted by molar-refractivity contribution is 0.125. The van der Waals surface area contributed by atoms with Gasteiger partial charge in [-0.1, -0.05) is 25.7 Å². The molecule has 1 aromatic rings. The molecule has 112 valence electrons. The van der Waals surface area contributed by atoms with Crippen molar-refractivity contribution >= 4 is 0 Å². The van der Waals surface area contributed by atoms with Crippen LogP contribution in [0.3, 0.4) is 0 Å². The fraction of sp³-hybridized carbons (Fsp3) is 0.812. The highest BCUT2D eigenvalue weighted by Gasteiger charge is 2.30. The topological polar surface area (TPSA) is 60.9 Å². The van der Waals surface area contributed by atoms with Crippen LogP contribution in [0.5, 0.6) is 0 Å². The van der Waals surface area contributed by atoms with Gasteiger partial charge in [0.15, 0.2) is 0 Å². The average molecular weight is 277 g/mol. The molecule has 0 aromatic carbocycles. The zero-order chi connectivity index (χ0) is 13.8. The number of aliphatic hydroxyl groups excluding tert-OH is 1. The van der Waals surface area contributed by atoms with E-state index in [1.54, 1.807) is 0 Å². The molecule has 2 fully saturated rings. The van der Waals surface area contributed by atoms with Gasteiger partial charge >= 0.3 is 0 Å². The van der Waals surface area contributed by atoms with Crippen LogP contribution in [-0.4, -0.2) is 27.7 Å². The molecule has 2 saturated carbocycles. The first-order valence-electron chi connectivity index (χ1n) is 8.25. The molecule has 1 unspecified atom stereocenters. The normalized spacial score (nSPS) is 29.6. The van der Waals surface area contributed by atoms with Gasteiger partial charge in [-0.15, -0.1) is 0 Å². The molecule has 3 N–H and O–H groups in total. The first-order valence-corrected chi connectivity index (χ1v) is 8.25. The number of hydrogen-bond donors (Lipinski definition) is 3. The molecule has 2 aliphatic rings. The quantitative estimate of drug-likeness (QED) is 0.775. The second kappa shape index (κ2) is 6.72. The summed E-state index contributed by atoms with van der Waals surface area (Å²) in [7, 11) is 0. The van der Waals surface area contributed by atoms with Gasteiger partial charge in [-0.3, -0.25) is 0 Å². The van der Waals surface area contributed by atoms with Crippen LogP contribution in [0.4, 0.5) is 0 Å². The fourth-order valence-corrected chi connectivity index (χ4v) is 3.94. The molecule has 3 rings (SSSR count). The molecular formula is C16H27N3O. The van der Waals surface area contributed by atoms with E-state index in [1.807, 2.05) is 12.4 Å². The molecule has 0 radical (unpaired) electrons. The minimum atomic E-state index is -0.105. The van der Waals surface area contributed by atoms with Gasteiger partial charge in [-0.2, -0.15) is 0 Å². The predicted octanol–water partition coefficient (Wildman–Crippen LogP) is 2.78. The third kappa shape index (κ3) is 3.23. The standard InChI is InChI=1S/C16H27N3O/c20-14-8-4-7-13(14)11-19-15(16-17-9-10-18-16)12-5-2-1-3-6-12/h9-10,12-15,19-20H,1-8,11H2,(H,17,18)/t13-,14+,15?/m1/s1. The van der Waals surface area contributed by atoms with E-state index < -0.39 is 0 Å². The van der Waals surface area contributed by atoms with Crippen molar-refractivity contribution in [3.05, 3.63) is 18.2 Å². The zero-order valence-corrected chi connectivity index (χ0v) is 12.2. The molecule has 4 heteroatoms. The Bertz CT molecular complexity index is 386. The van der Waals surface area contributed by atoms with Gasteiger partial charge in [0.25, 0.3) is 0 Å². The summed E-state index contributed by atoms with van der Waals surface area (Å²) in [6.07, 6.45) is 13.6. The molecule has 1 aromatic heterocycles. The Morgan fingerprint density at radius 1 is 1.20 bits per heavy atom. The molecule has 2 aliphatic carbocycles. The molecule has 3 atom stereocenters. The average Bonchev–Trinajstić information content (AvgIpc) is 3.13. The Balaban J connectivity index is 1.62. The SMILES string of the molecule is O[C@H]1CCC[C@@H]1CNC(c1ncc[nH]1)C1CCCCC1. The van der Waals surface area contributed by atoms with Crippen molar-refractivity contribution < 1.29 is 5.11 Å². The van der Waals surface area contributed by atoms with Gasteiger partial charge in [-0.25, -0.2) is 4.98 Å². The number of rotatable bonds is 5. The maximum Gasteiger partial charge on any atom is 0.123 e. The van der Waals surface area contributed by atoms with E-state index in [9.17, 15) is 5.11 Å². The van der Waals surface area contributed by atoms with Crippen LogP contribution in [0.15, 0.2) is 12.4 Å². The van der Waals surface area contributed by atoms with E-state index in [2.05, 4.69) is 15.3 Å². The molecule has 0 saturated heterocycles. The van der Waals surface area contributed by atoms with Crippen molar-refractivity contribution in [1.29, 1.82) is 0 Å². The van der Waals surface area contributed by atoms with E-state index >= 15 is 0 Å². The van der Waals surface area contributed by atoms with Crippen LogP contribution in [-0.2, 0) is 0 Å². The summed E-state index contributed by atoms with van der Waals surface area (Å²) < 4.78 is 0. The number of imidazole rings is 1. The van der Waals surface area contributed by atoms with E-state index in [4.69, 9.17) is 0 Å². The van der Waals surface area contributed by atoms with Crippen molar-refractivity contribution in [3.8, 4) is 0 Å². The van der Waals surface area contributed by atoms with Crippen LogP contribution >= 0.6 is 0 Å². The van der Waals surface area contributed by atoms with E-state index in [0.29, 0.717) is 17.9 Å². The lowest BCUT2D eigenvalue weighted by atomic mass is 9.83. The second-order valence-corrected chi connectivity index (χ2v) is 6.52. The minimum Gasteiger partial charge on any atom is -0.393 e. The summed E-state index contributed by atoms with van der Waals surface area (Å²) in [5, 5.41) is 13.7. The number of hydrogen-bond acceptors (Lipinski definition) is 3. The predicted molar refractivity (Wildman–Crippen MR) is 79.3 cm³/mol. The van der Waals surface area contributed by atoms with Gasteiger partial charge in [0.05, 0.1) is 12.1 Å². The monoisotopic (exact) mass is 277 g/mol. The number of H-pyrrole nitrogens is 1. The maximum atomic E-state index is 9.98. The minimum absolute atomic E-state index is 0.105. The third-order valence-electron chi connectivity index (χ3n) is 5.15. The molecule has 20 heavy (non-hydrogen) atoms. The van der Waals surface area contributed by atoms with Crippen molar-refractivity contribution in [2.24, 2.45) is 11.8 Å². The summed E-state index contributed by atoms with van der Waals surface area (Å²) in [5.41, 5.74) is 0. The van der Waals surface area contributed by atoms with Gasteiger partial charge in [0, 0.05) is 18.9 Å². The van der Waals surface area contributed by atoms with Crippen molar-refractivity contribution in [2.45, 2.75) is 63.5 Å². The molecule has 1 heterocycles. The van der Waals surface area contributed by atoms with Crippen LogP contribution < -0.4 is 5.32 Å². The molecular weight excluding hydrogens is 250 g/mol. The number of aliphatic hydroxyl groups is 1. The van der Waals surface area contributed by atoms with Crippen molar-refractivity contribution in [3.63, 3.8) is 0 Å². The maximum absolute atomic E-state index is 9.98. The summed E-state index contributed by atoms with van der Waals surface area (Å²) in [5.74, 6) is 2.19. The molecule has 0 amide bonds. The Labute approximate surface area is 121 Å². The van der Waals surface area contributed by atoms with Crippen LogP contribution in [0.2, 0.25) is 0 Å². The number of aromatic nitrogens is 2. The first kappa shape index (κ1) is 14.1. The van der Waals surface area contributed by atoms with Gasteiger partial charge in [-0.05, 0) is 37.5 Å². The molecule has 0 spiro atoms. The third-order valence-corrected chi connectivity index (χ3v) is 5.15. The van der Waals surface area contributed by atoms with Gasteiger partial charge in [0.1, 0.15) is 5.82 Å². The summed E-state index contributed by atoms with van der Waals surface area (Å²) in [6, 6.07) is 0.332. The Hall–Kier alpha value is -0.870. The lowest BCUT2D eigenvalue weighted by Gasteiger charge is -2.31. The van der Waals surface area contributed by atoms with Crippen molar-refractivity contribution in [1.82, 2.24) is 15.3 Å². The van der Waals surface area contributed by atoms with E-state index in [-0.39, 0.29) is 6.10 Å². The summed E-state index contributed by atoms with van der Waals surface area (Å²) in [4.78, 5) is 7.76. The first-order chi connectivity index (χ1) is 9.84. The zero-order valence-electron chi connectivity index (χ0n) is 12.2. The van der Waals surface area contributed by atoms with Gasteiger partial charge < -0.3 is 15.4 Å². The van der Waals surface area contributed by atoms with Crippen LogP contribution in [0, 0.1) is 11.8 Å². The fourth-order valence-electron chi connectivity index (χ4n) is 3.94. The highest BCUT2D eigenvalue weighted by atomic mass is 16.3. The smallest absolute Gasteiger partial charge is 0.123 e. The highest BCUT2D eigenvalue weighted by molar-refractivity contribution is 4.99. The van der Waals surface area contributed by atoms with E-state index in [0.717, 1.165) is 25.2 Å². The Kier molecular flexibility index (Phi) is 4.73.